The maximum atomic E-state index is 12.7. The molecular weight excluding hydrogens is 378 g/mol. The molecule has 0 aliphatic carbocycles. The lowest BCUT2D eigenvalue weighted by Gasteiger charge is -2.35. The minimum Gasteiger partial charge on any atom is -0.493 e. The van der Waals surface area contributed by atoms with Crippen LogP contribution in [0.25, 0.3) is 0 Å². The Labute approximate surface area is 167 Å². The van der Waals surface area contributed by atoms with Gasteiger partial charge >= 0.3 is 5.97 Å². The minimum atomic E-state index is -0.384. The highest BCUT2D eigenvalue weighted by Gasteiger charge is 2.48. The van der Waals surface area contributed by atoms with E-state index >= 15 is 0 Å². The first kappa shape index (κ1) is 17.8. The van der Waals surface area contributed by atoms with Crippen LogP contribution in [-0.4, -0.2) is 46.7 Å². The number of nitrogens with one attached hydrogen (secondary N) is 1. The molecule has 1 saturated heterocycles. The Hall–Kier alpha value is -3.29. The number of esters is 1. The highest BCUT2D eigenvalue weighted by atomic mass is 16.7. The van der Waals surface area contributed by atoms with Crippen LogP contribution < -0.4 is 29.0 Å². The number of hydrogen-bond donors (Lipinski definition) is 1. The predicted octanol–water partition coefficient (Wildman–Crippen LogP) is 2.54. The molecule has 1 N–H and O–H groups in total. The minimum absolute atomic E-state index is 0.139. The first-order valence-electron chi connectivity index (χ1n) is 9.31. The van der Waals surface area contributed by atoms with E-state index in [1.54, 1.807) is 21.3 Å². The summed E-state index contributed by atoms with van der Waals surface area (Å²) in [6.45, 7) is 0.500. The Morgan fingerprint density at radius 2 is 1.62 bits per heavy atom. The fourth-order valence-electron chi connectivity index (χ4n) is 4.44. The second kappa shape index (κ2) is 6.65. The first-order valence-corrected chi connectivity index (χ1v) is 9.31. The summed E-state index contributed by atoms with van der Waals surface area (Å²) in [5.74, 6) is 2.03. The van der Waals surface area contributed by atoms with Crippen molar-refractivity contribution >= 4 is 11.7 Å². The number of fused-ring (bicyclic) bond motifs is 3. The van der Waals surface area contributed by atoms with E-state index < -0.39 is 0 Å². The lowest BCUT2D eigenvalue weighted by atomic mass is 9.74. The molecule has 2 aromatic carbocycles. The fraction of sp³-hybridized carbons (Fsp3) is 0.381. The van der Waals surface area contributed by atoms with Crippen LogP contribution in [0.4, 0.5) is 5.69 Å². The Morgan fingerprint density at radius 3 is 2.28 bits per heavy atom. The van der Waals surface area contributed by atoms with Crippen molar-refractivity contribution in [2.75, 3.05) is 40.0 Å². The predicted molar refractivity (Wildman–Crippen MR) is 102 cm³/mol. The van der Waals surface area contributed by atoms with Gasteiger partial charge in [-0.15, -0.1) is 0 Å². The van der Waals surface area contributed by atoms with Crippen LogP contribution in [0.15, 0.2) is 24.3 Å². The summed E-state index contributed by atoms with van der Waals surface area (Å²) in [6, 6.07) is 7.48. The van der Waals surface area contributed by atoms with E-state index in [2.05, 4.69) is 5.32 Å². The molecule has 0 bridgehead atoms. The molecule has 0 amide bonds. The number of carbonyl (C=O) groups is 1. The standard InChI is InChI=1S/C21H21NO7/c1-24-16-4-10(5-17(25-2)20(16)26-3)18-11-6-14-15(29-9-28-14)7-12(11)22-13-8-27-21(23)19(13)18/h4-7,13,18-19,22H,8-9H2,1-3H3/t13-,18+,19?/m0/s1. The number of benzene rings is 2. The molecule has 0 saturated carbocycles. The van der Waals surface area contributed by atoms with Crippen LogP contribution in [0.3, 0.4) is 0 Å². The number of hydrogen-bond acceptors (Lipinski definition) is 8. The van der Waals surface area contributed by atoms with Gasteiger partial charge < -0.3 is 33.7 Å². The molecule has 5 rings (SSSR count). The van der Waals surface area contributed by atoms with Crippen molar-refractivity contribution in [3.63, 3.8) is 0 Å². The van der Waals surface area contributed by atoms with Gasteiger partial charge in [0.25, 0.3) is 0 Å². The molecule has 0 spiro atoms. The summed E-state index contributed by atoms with van der Waals surface area (Å²) in [7, 11) is 4.70. The molecule has 3 heterocycles. The van der Waals surface area contributed by atoms with Crippen LogP contribution in [0, 0.1) is 5.92 Å². The van der Waals surface area contributed by atoms with Crippen molar-refractivity contribution in [1.82, 2.24) is 0 Å². The van der Waals surface area contributed by atoms with E-state index in [4.69, 9.17) is 28.4 Å². The Bertz CT molecular complexity index is 964. The molecule has 8 nitrogen and oxygen atoms in total. The van der Waals surface area contributed by atoms with E-state index in [-0.39, 0.29) is 30.6 Å². The Balaban J connectivity index is 1.71. The SMILES string of the molecule is COc1cc([C@@H]2c3cc4c(cc3N[C@H]3COC(=O)C23)OCO4)cc(OC)c1OC. The number of carbonyl (C=O) groups excluding carboxylic acids is 1. The highest BCUT2D eigenvalue weighted by molar-refractivity contribution is 5.82. The third-order valence-corrected chi connectivity index (χ3v) is 5.74. The van der Waals surface area contributed by atoms with Crippen LogP contribution >= 0.6 is 0 Å². The lowest BCUT2D eigenvalue weighted by molar-refractivity contribution is -0.141. The van der Waals surface area contributed by atoms with Gasteiger partial charge in [0, 0.05) is 17.7 Å². The van der Waals surface area contributed by atoms with Gasteiger partial charge in [-0.05, 0) is 29.3 Å². The number of rotatable bonds is 4. The van der Waals surface area contributed by atoms with E-state index in [1.807, 2.05) is 24.3 Å². The zero-order chi connectivity index (χ0) is 20.1. The van der Waals surface area contributed by atoms with Crippen molar-refractivity contribution < 1.29 is 33.2 Å². The number of ether oxygens (including phenoxy) is 6. The zero-order valence-electron chi connectivity index (χ0n) is 16.3. The molecule has 3 aliphatic heterocycles. The van der Waals surface area contributed by atoms with Crippen LogP contribution in [0.1, 0.15) is 17.0 Å². The van der Waals surface area contributed by atoms with Gasteiger partial charge in [0.2, 0.25) is 12.5 Å². The normalized spacial score (nSPS) is 23.6. The number of anilines is 1. The monoisotopic (exact) mass is 399 g/mol. The molecule has 0 aromatic heterocycles. The average molecular weight is 399 g/mol. The maximum Gasteiger partial charge on any atom is 0.312 e. The largest absolute Gasteiger partial charge is 0.493 e. The number of methoxy groups -OCH3 is 3. The molecular formula is C21H21NO7. The van der Waals surface area contributed by atoms with Crippen molar-refractivity contribution in [3.8, 4) is 28.7 Å². The van der Waals surface area contributed by atoms with Gasteiger partial charge in [-0.2, -0.15) is 0 Å². The zero-order valence-corrected chi connectivity index (χ0v) is 16.3. The number of cyclic esters (lactones) is 1. The van der Waals surface area contributed by atoms with Gasteiger partial charge in [0.1, 0.15) is 6.61 Å². The average Bonchev–Trinajstić information content (AvgIpc) is 3.35. The van der Waals surface area contributed by atoms with Crippen LogP contribution in [0.2, 0.25) is 0 Å². The van der Waals surface area contributed by atoms with E-state index in [0.717, 1.165) is 16.8 Å². The molecule has 3 atom stereocenters. The van der Waals surface area contributed by atoms with Crippen molar-refractivity contribution in [3.05, 3.63) is 35.4 Å². The second-order valence-electron chi connectivity index (χ2n) is 7.14. The maximum absolute atomic E-state index is 12.7. The quantitative estimate of drug-likeness (QED) is 0.786. The summed E-state index contributed by atoms with van der Waals surface area (Å²) in [5, 5.41) is 3.43. The second-order valence-corrected chi connectivity index (χ2v) is 7.14. The van der Waals surface area contributed by atoms with E-state index in [9.17, 15) is 4.79 Å². The van der Waals surface area contributed by atoms with Gasteiger partial charge in [0.05, 0.1) is 33.3 Å². The highest BCUT2D eigenvalue weighted by Crippen LogP contribution is 2.51. The molecule has 1 unspecified atom stereocenters. The van der Waals surface area contributed by atoms with Crippen molar-refractivity contribution in [2.45, 2.75) is 12.0 Å². The Morgan fingerprint density at radius 1 is 0.931 bits per heavy atom. The fourth-order valence-corrected chi connectivity index (χ4v) is 4.44. The molecule has 152 valence electrons. The summed E-state index contributed by atoms with van der Waals surface area (Å²) in [4.78, 5) is 12.7. The van der Waals surface area contributed by atoms with E-state index in [1.165, 1.54) is 0 Å². The van der Waals surface area contributed by atoms with Crippen molar-refractivity contribution in [1.29, 1.82) is 0 Å². The third-order valence-electron chi connectivity index (χ3n) is 5.74. The van der Waals surface area contributed by atoms with Gasteiger partial charge in [-0.3, -0.25) is 4.79 Å². The van der Waals surface area contributed by atoms with Crippen LogP contribution in [0.5, 0.6) is 28.7 Å². The summed E-state index contributed by atoms with van der Waals surface area (Å²) in [6.07, 6.45) is 0. The topological polar surface area (TPSA) is 84.5 Å². The van der Waals surface area contributed by atoms with Gasteiger partial charge in [-0.1, -0.05) is 0 Å². The summed E-state index contributed by atoms with van der Waals surface area (Å²) < 4.78 is 33.0. The van der Waals surface area contributed by atoms with E-state index in [0.29, 0.717) is 35.4 Å². The van der Waals surface area contributed by atoms with Gasteiger partial charge in [-0.25, -0.2) is 0 Å². The van der Waals surface area contributed by atoms with Crippen molar-refractivity contribution in [2.24, 2.45) is 5.92 Å². The molecule has 0 radical (unpaired) electrons. The first-order chi connectivity index (χ1) is 14.1. The van der Waals surface area contributed by atoms with Crippen LogP contribution in [-0.2, 0) is 9.53 Å². The molecule has 29 heavy (non-hydrogen) atoms. The Kier molecular flexibility index (Phi) is 4.08. The lowest BCUT2D eigenvalue weighted by Crippen LogP contribution is -2.38. The molecule has 2 aromatic rings. The molecule has 3 aliphatic rings. The van der Waals surface area contributed by atoms with Gasteiger partial charge in [0.15, 0.2) is 23.0 Å². The molecule has 8 heteroatoms. The smallest absolute Gasteiger partial charge is 0.312 e. The third kappa shape index (κ3) is 2.62. The summed E-state index contributed by atoms with van der Waals surface area (Å²) in [5.41, 5.74) is 2.70. The summed E-state index contributed by atoms with van der Waals surface area (Å²) >= 11 is 0. The molecule has 1 fully saturated rings.